The highest BCUT2D eigenvalue weighted by molar-refractivity contribution is 7.70. The molecule has 24 nitrogen and oxygen atoms in total. The summed E-state index contributed by atoms with van der Waals surface area (Å²) < 4.78 is 14.4. The fourth-order valence-corrected chi connectivity index (χ4v) is 12.8. The van der Waals surface area contributed by atoms with Crippen molar-refractivity contribution in [1.82, 2.24) is 39.9 Å². The number of aromatic amines is 1. The van der Waals surface area contributed by atoms with Gasteiger partial charge in [0.25, 0.3) is 11.4 Å². The van der Waals surface area contributed by atoms with Gasteiger partial charge in [-0.25, -0.2) is 9.59 Å². The van der Waals surface area contributed by atoms with Crippen molar-refractivity contribution in [3.63, 3.8) is 0 Å². The zero-order valence-electron chi connectivity index (χ0n) is 46.8. The number of amides is 7. The first-order valence-electron chi connectivity index (χ1n) is 28.4. The van der Waals surface area contributed by atoms with Crippen molar-refractivity contribution in [3.8, 4) is 0 Å². The van der Waals surface area contributed by atoms with E-state index in [1.165, 1.54) is 38.3 Å². The quantitative estimate of drug-likeness (QED) is 0.0437. The lowest BCUT2D eigenvalue weighted by Gasteiger charge is -2.39. The second-order valence-electron chi connectivity index (χ2n) is 22.5. The van der Waals surface area contributed by atoms with Crippen LogP contribution >= 0.6 is 7.60 Å². The fraction of sp³-hybridized carbons (Fsp3) is 0.400. The largest absolute Gasteiger partial charge is 0.480 e. The number of hydrogen-bond acceptors (Lipinski definition) is 11. The molecule has 0 spiro atoms. The lowest BCUT2D eigenvalue weighted by atomic mass is 9.78. The van der Waals surface area contributed by atoms with Gasteiger partial charge in [0.1, 0.15) is 29.9 Å². The van der Waals surface area contributed by atoms with Crippen LogP contribution in [0.4, 0.5) is 0 Å². The van der Waals surface area contributed by atoms with Crippen LogP contribution in [0, 0.1) is 11.8 Å². The lowest BCUT2D eigenvalue weighted by molar-refractivity contribution is -0.146. The summed E-state index contributed by atoms with van der Waals surface area (Å²) in [6.45, 7) is -0.103. The number of nitrogens with two attached hydrogens (primary N) is 2. The summed E-state index contributed by atoms with van der Waals surface area (Å²) >= 11 is 0. The van der Waals surface area contributed by atoms with E-state index in [0.717, 1.165) is 29.5 Å². The molecule has 1 aliphatic carbocycles. The molecule has 5 atom stereocenters. The predicted octanol–water partition coefficient (Wildman–Crippen LogP) is 3.82. The molecular formula is C60H69N10O14P. The van der Waals surface area contributed by atoms with E-state index in [0.29, 0.717) is 42.2 Å². The SMILES string of the molecule is Cn1c(=O)n(C(CCC(N)=O)C(=O)O)c2ccc(CC3CCC(CC(=O)N4CC[C@H]5CC[C@@H](C(=O)N[C@@H](CCC(N)=O)C(=O)NC(c6ccccc6)c6ccccc6)N5C(=O)[C@@H](NC(=O)c5cc6cc(C(=O)P(=O)(O)O)ccc6[nH]5)C4)CC3)cc21. The standard InChI is InChI=1S/C60H69N10O14P/c1-67-49-29-36(16-21-46(49)70(60(67)81)48(58(78)79)23-25-51(62)72)28-34-12-14-35(15-13-34)30-52(73)68-27-26-41-18-22-47(56(76)64-43(20-24-50(61)71)54(74)66-53(37-8-4-2-5-9-37)38-10-6-3-7-11-38)69(41)57(77)45(33-68)65-55(75)44-32-40-31-39(17-19-42(40)63-44)59(80)85(82,83)84/h2-11,16-17,19,21,29,31-32,34-35,41,43,45,47-48,53,63H,12-15,18,20,22-28,30,33H2,1H3,(H2,61,71)(H2,62,72)(H,64,76)(H,65,75)(H,66,74)(H,78,79)(H2,82,83,84)/t34?,35?,41-,43+,45+,47+,48?/m1/s1. The predicted molar refractivity (Wildman–Crippen MR) is 310 cm³/mol. The third-order valence-corrected chi connectivity index (χ3v) is 17.5. The first kappa shape index (κ1) is 60.8. The molecule has 448 valence electrons. The Hall–Kier alpha value is -8.73. The minimum absolute atomic E-state index is 0.0104. The Morgan fingerprint density at radius 3 is 2.02 bits per heavy atom. The van der Waals surface area contributed by atoms with E-state index >= 15 is 4.79 Å². The molecule has 6 aromatic rings. The highest BCUT2D eigenvalue weighted by Crippen LogP contribution is 2.40. The van der Waals surface area contributed by atoms with Crippen LogP contribution in [0.2, 0.25) is 0 Å². The third-order valence-electron chi connectivity index (χ3n) is 16.8. The second-order valence-corrected chi connectivity index (χ2v) is 24.0. The van der Waals surface area contributed by atoms with Gasteiger partial charge in [0.2, 0.25) is 35.4 Å². The van der Waals surface area contributed by atoms with Crippen LogP contribution in [0.5, 0.6) is 0 Å². The Balaban J connectivity index is 0.910. The molecule has 3 aliphatic rings. The van der Waals surface area contributed by atoms with Crippen molar-refractivity contribution in [3.05, 3.63) is 142 Å². The zero-order chi connectivity index (χ0) is 60.9. The molecule has 0 bridgehead atoms. The molecule has 2 saturated heterocycles. The topological polar surface area (TPSA) is 369 Å². The summed E-state index contributed by atoms with van der Waals surface area (Å²) in [6.07, 6.45) is 3.87. The van der Waals surface area contributed by atoms with Gasteiger partial charge in [0.15, 0.2) is 0 Å². The molecule has 1 unspecified atom stereocenters. The van der Waals surface area contributed by atoms with Crippen molar-refractivity contribution in [2.24, 2.45) is 30.4 Å². The summed E-state index contributed by atoms with van der Waals surface area (Å²) in [7, 11) is -3.58. The summed E-state index contributed by atoms with van der Waals surface area (Å²) in [5, 5.41) is 18.9. The maximum atomic E-state index is 15.2. The van der Waals surface area contributed by atoms with Gasteiger partial charge in [0.05, 0.1) is 17.1 Å². The van der Waals surface area contributed by atoms with Gasteiger partial charge in [0, 0.05) is 61.9 Å². The van der Waals surface area contributed by atoms with Crippen LogP contribution in [0.3, 0.4) is 0 Å². The summed E-state index contributed by atoms with van der Waals surface area (Å²) in [5.41, 5.74) is 12.3. The maximum absolute atomic E-state index is 15.2. The highest BCUT2D eigenvalue weighted by Gasteiger charge is 2.46. The Kier molecular flexibility index (Phi) is 18.6. The smallest absolute Gasteiger partial charge is 0.396 e. The Bertz CT molecular complexity index is 3620. The number of carbonyl (C=O) groups excluding carboxylic acids is 8. The average Bonchev–Trinajstić information content (AvgIpc) is 1.87. The lowest BCUT2D eigenvalue weighted by Crippen LogP contribution is -2.62. The van der Waals surface area contributed by atoms with Crippen LogP contribution in [0.15, 0.2) is 108 Å². The number of hydrogen-bond donors (Lipinski definition) is 9. The van der Waals surface area contributed by atoms with Crippen molar-refractivity contribution in [2.45, 2.75) is 120 Å². The number of carboxylic acid groups (broad SMARTS) is 1. The number of carbonyl (C=O) groups is 9. The number of fused-ring (bicyclic) bond motifs is 3. The minimum Gasteiger partial charge on any atom is -0.480 e. The number of aromatic nitrogens is 3. The van der Waals surface area contributed by atoms with E-state index in [2.05, 4.69) is 20.9 Å². The van der Waals surface area contributed by atoms with Gasteiger partial charge in [-0.15, -0.1) is 0 Å². The van der Waals surface area contributed by atoms with Crippen molar-refractivity contribution in [2.75, 3.05) is 13.1 Å². The molecule has 2 aromatic heterocycles. The van der Waals surface area contributed by atoms with Crippen LogP contribution in [0.25, 0.3) is 21.9 Å². The fourth-order valence-electron chi connectivity index (χ4n) is 12.3. The van der Waals surface area contributed by atoms with Gasteiger partial charge in [-0.1, -0.05) is 66.7 Å². The van der Waals surface area contributed by atoms with Gasteiger partial charge in [-0.05, 0) is 129 Å². The molecule has 4 heterocycles. The van der Waals surface area contributed by atoms with Crippen molar-refractivity contribution < 1.29 is 62.6 Å². The molecule has 0 radical (unpaired) electrons. The maximum Gasteiger partial charge on any atom is 0.396 e. The molecule has 3 fully saturated rings. The monoisotopic (exact) mass is 1180 g/mol. The normalized spacial score (nSPS) is 19.8. The number of H-pyrrole nitrogens is 1. The van der Waals surface area contributed by atoms with E-state index in [1.54, 1.807) is 18.0 Å². The van der Waals surface area contributed by atoms with Gasteiger partial charge >= 0.3 is 19.3 Å². The number of aliphatic carboxylic acids is 1. The van der Waals surface area contributed by atoms with E-state index in [4.69, 9.17) is 11.5 Å². The number of rotatable bonds is 22. The number of imidazole rings is 1. The minimum atomic E-state index is -5.14. The number of nitrogens with zero attached hydrogens (tertiary/aromatic N) is 4. The van der Waals surface area contributed by atoms with E-state index in [9.17, 15) is 62.6 Å². The molecule has 85 heavy (non-hydrogen) atoms. The Labute approximate surface area is 487 Å². The number of carboxylic acids is 1. The number of primary amides is 2. The molecule has 25 heteroatoms. The number of nitrogens with one attached hydrogen (secondary N) is 4. The van der Waals surface area contributed by atoms with E-state index < -0.39 is 96.5 Å². The van der Waals surface area contributed by atoms with Crippen molar-refractivity contribution in [1.29, 1.82) is 0 Å². The average molecular weight is 1190 g/mol. The summed E-state index contributed by atoms with van der Waals surface area (Å²) in [6, 6.07) is 22.7. The molecule has 4 aromatic carbocycles. The molecule has 1 saturated carbocycles. The van der Waals surface area contributed by atoms with Gasteiger partial charge in [-0.2, -0.15) is 0 Å². The van der Waals surface area contributed by atoms with E-state index in [1.807, 2.05) is 72.8 Å². The summed E-state index contributed by atoms with van der Waals surface area (Å²) in [4.78, 5) is 160. The van der Waals surface area contributed by atoms with Crippen LogP contribution in [-0.4, -0.2) is 129 Å². The molecule has 9 rings (SSSR count). The molecule has 7 amide bonds. The van der Waals surface area contributed by atoms with Crippen molar-refractivity contribution >= 4 is 82.4 Å². The number of benzene rings is 4. The van der Waals surface area contributed by atoms with Gasteiger partial charge < -0.3 is 57.1 Å². The highest BCUT2D eigenvalue weighted by atomic mass is 31.2. The summed E-state index contributed by atoms with van der Waals surface area (Å²) in [5.74, 6) is -5.36. The number of aryl methyl sites for hydroxylation is 1. The van der Waals surface area contributed by atoms with Crippen LogP contribution in [-0.2, 0) is 51.6 Å². The Morgan fingerprint density at radius 1 is 0.741 bits per heavy atom. The van der Waals surface area contributed by atoms with Crippen LogP contribution in [0.1, 0.15) is 127 Å². The zero-order valence-corrected chi connectivity index (χ0v) is 47.7. The molecule has 2 aliphatic heterocycles. The molecule has 11 N–H and O–H groups in total. The van der Waals surface area contributed by atoms with Gasteiger partial charge in [-0.3, -0.25) is 52.1 Å². The Morgan fingerprint density at radius 2 is 1.39 bits per heavy atom. The third kappa shape index (κ3) is 14.1. The second kappa shape index (κ2) is 26.0. The molecular weight excluding hydrogens is 1120 g/mol. The van der Waals surface area contributed by atoms with Crippen LogP contribution < -0.4 is 33.1 Å². The first-order chi connectivity index (χ1) is 40.5. The first-order valence-corrected chi connectivity index (χ1v) is 30.0. The van der Waals surface area contributed by atoms with E-state index in [-0.39, 0.29) is 92.4 Å².